The summed E-state index contributed by atoms with van der Waals surface area (Å²) in [7, 11) is 0. The monoisotopic (exact) mass is 438 g/mol. The van der Waals surface area contributed by atoms with E-state index in [0.29, 0.717) is 12.8 Å². The zero-order valence-electron chi connectivity index (χ0n) is 21.9. The molecule has 0 saturated heterocycles. The Hall–Kier alpha value is -2.00. The highest BCUT2D eigenvalue weighted by atomic mass is 16.3. The number of hydrogen-bond donors (Lipinski definition) is 2. The second-order valence-corrected chi connectivity index (χ2v) is 9.87. The fraction of sp³-hybridized carbons (Fsp3) is 0.600. The lowest BCUT2D eigenvalue weighted by Crippen LogP contribution is -2.21. The lowest BCUT2D eigenvalue weighted by Gasteiger charge is -2.15. The van der Waals surface area contributed by atoms with Crippen molar-refractivity contribution < 1.29 is 10.2 Å². The first-order valence-electron chi connectivity index (χ1n) is 11.9. The minimum Gasteiger partial charge on any atom is -0.378 e. The van der Waals surface area contributed by atoms with E-state index >= 15 is 0 Å². The summed E-state index contributed by atoms with van der Waals surface area (Å²) in [5.74, 6) is 11.1. The largest absolute Gasteiger partial charge is 0.378 e. The molecule has 2 nitrogen and oxygen atoms in total. The molecule has 2 unspecified atom stereocenters. The summed E-state index contributed by atoms with van der Waals surface area (Å²) < 4.78 is 0. The van der Waals surface area contributed by atoms with Crippen LogP contribution in [0.15, 0.2) is 46.6 Å². The maximum Gasteiger partial charge on any atom is 0.124 e. The molecule has 0 amide bonds. The van der Waals surface area contributed by atoms with Crippen LogP contribution in [0.4, 0.5) is 0 Å². The highest BCUT2D eigenvalue weighted by Crippen LogP contribution is 2.16. The van der Waals surface area contributed by atoms with Crippen molar-refractivity contribution in [1.82, 2.24) is 0 Å². The molecule has 0 aromatic rings. The predicted octanol–water partition coefficient (Wildman–Crippen LogP) is 7.44. The Bertz CT molecular complexity index is 730. The minimum atomic E-state index is -1.08. The number of allylic oxidation sites excluding steroid dienone is 8. The molecule has 2 heteroatoms. The van der Waals surface area contributed by atoms with Crippen LogP contribution in [0.3, 0.4) is 0 Å². The van der Waals surface area contributed by atoms with E-state index in [9.17, 15) is 10.2 Å². The fourth-order valence-corrected chi connectivity index (χ4v) is 3.04. The van der Waals surface area contributed by atoms with Crippen LogP contribution < -0.4 is 0 Å². The molecule has 0 aliphatic heterocycles. The Balaban J connectivity index is 4.56. The molecule has 0 rings (SSSR count). The number of hydrogen-bond acceptors (Lipinski definition) is 2. The second kappa shape index (κ2) is 15.7. The molecule has 0 saturated carbocycles. The van der Waals surface area contributed by atoms with E-state index in [1.807, 2.05) is 0 Å². The first kappa shape index (κ1) is 30.0. The minimum absolute atomic E-state index is 0.564. The summed E-state index contributed by atoms with van der Waals surface area (Å²) in [6.07, 6.45) is 15.8. The third-order valence-corrected chi connectivity index (χ3v) is 5.16. The summed E-state index contributed by atoms with van der Waals surface area (Å²) in [6.45, 7) is 16.2. The van der Waals surface area contributed by atoms with Crippen LogP contribution in [0.5, 0.6) is 0 Å². The van der Waals surface area contributed by atoms with E-state index in [-0.39, 0.29) is 0 Å². The zero-order chi connectivity index (χ0) is 24.6. The predicted molar refractivity (Wildman–Crippen MR) is 140 cm³/mol. The summed E-state index contributed by atoms with van der Waals surface area (Å²) >= 11 is 0. The highest BCUT2D eigenvalue weighted by molar-refractivity contribution is 5.32. The van der Waals surface area contributed by atoms with Gasteiger partial charge in [0.25, 0.3) is 0 Å². The lowest BCUT2D eigenvalue weighted by atomic mass is 9.98. The topological polar surface area (TPSA) is 40.5 Å². The van der Waals surface area contributed by atoms with E-state index in [0.717, 1.165) is 38.5 Å². The summed E-state index contributed by atoms with van der Waals surface area (Å²) in [6, 6.07) is 0. The molecule has 2 atom stereocenters. The first-order valence-corrected chi connectivity index (χ1v) is 11.9. The highest BCUT2D eigenvalue weighted by Gasteiger charge is 2.16. The Kier molecular flexibility index (Phi) is 14.8. The van der Waals surface area contributed by atoms with Gasteiger partial charge in [0.05, 0.1) is 0 Å². The van der Waals surface area contributed by atoms with Gasteiger partial charge < -0.3 is 10.2 Å². The summed E-state index contributed by atoms with van der Waals surface area (Å²) in [5.41, 5.74) is 3.20. The van der Waals surface area contributed by atoms with E-state index < -0.39 is 11.2 Å². The van der Waals surface area contributed by atoms with Gasteiger partial charge in [-0.3, -0.25) is 0 Å². The van der Waals surface area contributed by atoms with Crippen LogP contribution in [0.25, 0.3) is 0 Å². The maximum atomic E-state index is 10.5. The molecular formula is C30H46O2. The van der Waals surface area contributed by atoms with E-state index in [1.165, 1.54) is 22.3 Å². The second-order valence-electron chi connectivity index (χ2n) is 9.87. The van der Waals surface area contributed by atoms with E-state index in [2.05, 4.69) is 89.5 Å². The molecule has 0 aromatic carbocycles. The third kappa shape index (κ3) is 18.7. The molecule has 0 fully saturated rings. The number of rotatable bonds is 12. The van der Waals surface area contributed by atoms with Crippen molar-refractivity contribution in [2.75, 3.05) is 0 Å². The molecule has 0 aliphatic carbocycles. The smallest absolute Gasteiger partial charge is 0.124 e. The van der Waals surface area contributed by atoms with Crippen molar-refractivity contribution in [3.8, 4) is 23.7 Å². The van der Waals surface area contributed by atoms with Gasteiger partial charge in [0.2, 0.25) is 0 Å². The third-order valence-electron chi connectivity index (χ3n) is 5.16. The zero-order valence-corrected chi connectivity index (χ0v) is 21.9. The van der Waals surface area contributed by atoms with Crippen LogP contribution >= 0.6 is 0 Å². The van der Waals surface area contributed by atoms with Gasteiger partial charge in [-0.05, 0) is 119 Å². The summed E-state index contributed by atoms with van der Waals surface area (Å²) in [4.78, 5) is 0. The Morgan fingerprint density at radius 2 is 0.938 bits per heavy atom. The first-order chi connectivity index (χ1) is 14.8. The molecule has 0 heterocycles. The van der Waals surface area contributed by atoms with Crippen molar-refractivity contribution in [2.24, 2.45) is 0 Å². The van der Waals surface area contributed by atoms with Gasteiger partial charge in [0.15, 0.2) is 0 Å². The van der Waals surface area contributed by atoms with Gasteiger partial charge in [-0.15, -0.1) is 0 Å². The van der Waals surface area contributed by atoms with Gasteiger partial charge in [0, 0.05) is 0 Å². The van der Waals surface area contributed by atoms with Gasteiger partial charge >= 0.3 is 0 Å². The lowest BCUT2D eigenvalue weighted by molar-refractivity contribution is 0.112. The average molecular weight is 439 g/mol. The van der Waals surface area contributed by atoms with Crippen LogP contribution in [-0.4, -0.2) is 21.4 Å². The fourth-order valence-electron chi connectivity index (χ4n) is 3.04. The van der Waals surface area contributed by atoms with Crippen molar-refractivity contribution in [1.29, 1.82) is 0 Å². The van der Waals surface area contributed by atoms with Crippen molar-refractivity contribution in [2.45, 2.75) is 118 Å². The molecule has 0 spiro atoms. The van der Waals surface area contributed by atoms with Crippen molar-refractivity contribution in [3.63, 3.8) is 0 Å². The molecule has 0 radical (unpaired) electrons. The van der Waals surface area contributed by atoms with E-state index in [4.69, 9.17) is 0 Å². The van der Waals surface area contributed by atoms with Crippen molar-refractivity contribution in [3.05, 3.63) is 46.6 Å². The molecular weight excluding hydrogens is 392 g/mol. The number of aliphatic hydroxyl groups is 2. The molecule has 0 aliphatic rings. The Morgan fingerprint density at radius 3 is 1.25 bits per heavy atom. The van der Waals surface area contributed by atoms with Crippen LogP contribution in [0, 0.1) is 23.7 Å². The van der Waals surface area contributed by atoms with Crippen LogP contribution in [0.2, 0.25) is 0 Å². The Morgan fingerprint density at radius 1 is 0.594 bits per heavy atom. The maximum absolute atomic E-state index is 10.5. The molecule has 178 valence electrons. The van der Waals surface area contributed by atoms with Crippen LogP contribution in [0.1, 0.15) is 107 Å². The standard InChI is InChI=1S/C30H46O2/c1-25(2)15-11-17-27(5)19-13-23-29(7,31)21-9-10-22-30(8,32)24-14-20-28(6)18-12-16-26(3)4/h15-16,19-20,31-32H,11-14,17-18,23-24H2,1-8H3. The quantitative estimate of drug-likeness (QED) is 0.245. The van der Waals surface area contributed by atoms with Gasteiger partial charge in [-0.25, -0.2) is 0 Å². The van der Waals surface area contributed by atoms with Gasteiger partial charge in [-0.2, -0.15) is 0 Å². The Labute approximate surface area is 198 Å². The van der Waals surface area contributed by atoms with Crippen LogP contribution in [-0.2, 0) is 0 Å². The average Bonchev–Trinajstić information content (AvgIpc) is 2.64. The molecule has 0 bridgehead atoms. The van der Waals surface area contributed by atoms with Gasteiger partial charge in [0.1, 0.15) is 11.2 Å². The molecule has 0 aromatic heterocycles. The van der Waals surface area contributed by atoms with E-state index in [1.54, 1.807) is 13.8 Å². The summed E-state index contributed by atoms with van der Waals surface area (Å²) in [5, 5.41) is 20.9. The molecule has 32 heavy (non-hydrogen) atoms. The van der Waals surface area contributed by atoms with Crippen molar-refractivity contribution >= 4 is 0 Å². The van der Waals surface area contributed by atoms with Gasteiger partial charge in [-0.1, -0.05) is 58.4 Å². The normalized spacial score (nSPS) is 15.3. The SMILES string of the molecule is CC(C)=CCCC(C)=CCCC(C)(O)C#CC#CC(C)(O)CCC=C(C)CCC=C(C)C. The molecule has 2 N–H and O–H groups in total.